The van der Waals surface area contributed by atoms with Gasteiger partial charge in [0, 0.05) is 0 Å². The van der Waals surface area contributed by atoms with Gasteiger partial charge in [-0.1, -0.05) is 51.8 Å². The van der Waals surface area contributed by atoms with Crippen LogP contribution < -0.4 is 4.74 Å². The van der Waals surface area contributed by atoms with Gasteiger partial charge in [0.25, 0.3) is 0 Å². The summed E-state index contributed by atoms with van der Waals surface area (Å²) in [5.74, 6) is 0.453. The Balaban J connectivity index is 2.66. The van der Waals surface area contributed by atoms with Gasteiger partial charge in [-0.3, -0.25) is 0 Å². The Hall–Kier alpha value is -1.51. The predicted octanol–water partition coefficient (Wildman–Crippen LogP) is 4.01. The summed E-state index contributed by atoms with van der Waals surface area (Å²) in [6, 6.07) is 6.03. The number of rotatable bonds is 6. The van der Waals surface area contributed by atoms with Crippen LogP contribution in [0.2, 0.25) is 0 Å². The Kier molecular flexibility index (Phi) is 6.05. The third-order valence-electron chi connectivity index (χ3n) is 3.05. The van der Waals surface area contributed by atoms with Gasteiger partial charge < -0.3 is 9.47 Å². The maximum Gasteiger partial charge on any atom is 0.344 e. The second-order valence-electron chi connectivity index (χ2n) is 6.11. The Morgan fingerprint density at radius 1 is 1.25 bits per heavy atom. The molecule has 112 valence electrons. The first-order chi connectivity index (χ1) is 9.34. The minimum atomic E-state index is -0.307. The second-order valence-corrected chi connectivity index (χ2v) is 6.11. The normalized spacial score (nSPS) is 11.2. The second kappa shape index (κ2) is 7.32. The monoisotopic (exact) mass is 278 g/mol. The molecule has 0 N–H and O–H groups in total. The van der Waals surface area contributed by atoms with Gasteiger partial charge in [0.05, 0.1) is 6.61 Å². The molecule has 0 aliphatic carbocycles. The van der Waals surface area contributed by atoms with E-state index in [-0.39, 0.29) is 18.0 Å². The summed E-state index contributed by atoms with van der Waals surface area (Å²) in [5, 5.41) is 0. The van der Waals surface area contributed by atoms with E-state index in [1.165, 1.54) is 5.56 Å². The van der Waals surface area contributed by atoms with Crippen LogP contribution in [0.25, 0.3) is 0 Å². The zero-order valence-electron chi connectivity index (χ0n) is 13.3. The van der Waals surface area contributed by atoms with Gasteiger partial charge in [-0.15, -0.1) is 0 Å². The molecule has 1 aromatic rings. The Morgan fingerprint density at radius 3 is 2.55 bits per heavy atom. The van der Waals surface area contributed by atoms with Crippen LogP contribution in [-0.4, -0.2) is 19.2 Å². The van der Waals surface area contributed by atoms with Gasteiger partial charge in [0.1, 0.15) is 5.75 Å². The number of aryl methyl sites for hydroxylation is 1. The van der Waals surface area contributed by atoms with E-state index in [9.17, 15) is 4.79 Å². The summed E-state index contributed by atoms with van der Waals surface area (Å²) >= 11 is 0. The molecule has 3 heteroatoms. The lowest BCUT2D eigenvalue weighted by Gasteiger charge is -2.23. The molecule has 0 heterocycles. The van der Waals surface area contributed by atoms with Gasteiger partial charge in [-0.05, 0) is 30.4 Å². The number of unbranched alkanes of at least 4 members (excludes halogenated alkanes) is 1. The molecule has 0 radical (unpaired) electrons. The fourth-order valence-electron chi connectivity index (χ4n) is 1.86. The Bertz CT molecular complexity index is 444. The van der Waals surface area contributed by atoms with E-state index in [4.69, 9.17) is 9.47 Å². The van der Waals surface area contributed by atoms with E-state index >= 15 is 0 Å². The first kappa shape index (κ1) is 16.5. The molecule has 0 atom stereocenters. The molecule has 0 aliphatic heterocycles. The molecule has 0 saturated carbocycles. The lowest BCUT2D eigenvalue weighted by Crippen LogP contribution is -2.19. The molecule has 1 rings (SSSR count). The van der Waals surface area contributed by atoms with Gasteiger partial charge in [-0.25, -0.2) is 4.79 Å². The average molecular weight is 278 g/mol. The zero-order valence-corrected chi connectivity index (χ0v) is 13.3. The molecule has 20 heavy (non-hydrogen) atoms. The number of carbonyl (C=O) groups excluding carboxylic acids is 1. The van der Waals surface area contributed by atoms with Crippen LogP contribution in [0.5, 0.6) is 5.75 Å². The molecule has 0 aromatic heterocycles. The molecule has 3 nitrogen and oxygen atoms in total. The lowest BCUT2D eigenvalue weighted by atomic mass is 9.85. The molecule has 0 fully saturated rings. The SMILES string of the molecule is CCCCOC(=O)COc1ccc(C)cc1C(C)(C)C. The molecule has 1 aromatic carbocycles. The molecule has 0 aliphatic rings. The zero-order chi connectivity index (χ0) is 15.2. The number of esters is 1. The van der Waals surface area contributed by atoms with Crippen molar-refractivity contribution in [3.05, 3.63) is 29.3 Å². The van der Waals surface area contributed by atoms with Crippen LogP contribution in [0.1, 0.15) is 51.7 Å². The van der Waals surface area contributed by atoms with E-state index in [0.29, 0.717) is 6.61 Å². The fraction of sp³-hybridized carbons (Fsp3) is 0.588. The number of hydrogen-bond acceptors (Lipinski definition) is 3. The molecular weight excluding hydrogens is 252 g/mol. The minimum absolute atomic E-state index is 0.0204. The van der Waals surface area contributed by atoms with Crippen molar-refractivity contribution in [1.29, 1.82) is 0 Å². The number of hydrogen-bond donors (Lipinski definition) is 0. The Labute approximate surface area is 122 Å². The van der Waals surface area contributed by atoms with Crippen molar-refractivity contribution in [3.8, 4) is 5.75 Å². The molecule has 0 saturated heterocycles. The average Bonchev–Trinajstić information content (AvgIpc) is 2.36. The van der Waals surface area contributed by atoms with Gasteiger partial charge in [0.15, 0.2) is 6.61 Å². The van der Waals surface area contributed by atoms with Crippen LogP contribution >= 0.6 is 0 Å². The third-order valence-corrected chi connectivity index (χ3v) is 3.05. The topological polar surface area (TPSA) is 35.5 Å². The number of benzene rings is 1. The summed E-state index contributed by atoms with van der Waals surface area (Å²) in [4.78, 5) is 11.6. The van der Waals surface area contributed by atoms with Crippen LogP contribution in [0.3, 0.4) is 0 Å². The highest BCUT2D eigenvalue weighted by Gasteiger charge is 2.19. The summed E-state index contributed by atoms with van der Waals surface area (Å²) in [6.45, 7) is 11.0. The van der Waals surface area contributed by atoms with Crippen molar-refractivity contribution in [2.75, 3.05) is 13.2 Å². The van der Waals surface area contributed by atoms with Crippen LogP contribution in [0, 0.1) is 6.92 Å². The fourth-order valence-corrected chi connectivity index (χ4v) is 1.86. The highest BCUT2D eigenvalue weighted by molar-refractivity contribution is 5.71. The molecular formula is C17H26O3. The smallest absolute Gasteiger partial charge is 0.344 e. The van der Waals surface area contributed by atoms with Crippen LogP contribution in [-0.2, 0) is 14.9 Å². The first-order valence-electron chi connectivity index (χ1n) is 7.24. The molecule has 0 spiro atoms. The number of ether oxygens (including phenoxy) is 2. The molecule has 0 amide bonds. The highest BCUT2D eigenvalue weighted by Crippen LogP contribution is 2.32. The predicted molar refractivity (Wildman–Crippen MR) is 81.2 cm³/mol. The van der Waals surface area contributed by atoms with E-state index in [1.807, 2.05) is 12.1 Å². The van der Waals surface area contributed by atoms with Crippen molar-refractivity contribution in [1.82, 2.24) is 0 Å². The van der Waals surface area contributed by atoms with E-state index in [0.717, 1.165) is 24.2 Å². The lowest BCUT2D eigenvalue weighted by molar-refractivity contribution is -0.146. The van der Waals surface area contributed by atoms with Crippen LogP contribution in [0.15, 0.2) is 18.2 Å². The maximum atomic E-state index is 11.6. The quantitative estimate of drug-likeness (QED) is 0.582. The maximum absolute atomic E-state index is 11.6. The minimum Gasteiger partial charge on any atom is -0.482 e. The standard InChI is InChI=1S/C17H26O3/c1-6-7-10-19-16(18)12-20-15-9-8-13(2)11-14(15)17(3,4)5/h8-9,11H,6-7,10,12H2,1-5H3. The molecule has 0 bridgehead atoms. The van der Waals surface area contributed by atoms with Gasteiger partial charge in [0.2, 0.25) is 0 Å². The van der Waals surface area contributed by atoms with Crippen molar-refractivity contribution in [2.45, 2.75) is 52.9 Å². The van der Waals surface area contributed by atoms with Crippen molar-refractivity contribution in [2.24, 2.45) is 0 Å². The third kappa shape index (κ3) is 5.24. The first-order valence-corrected chi connectivity index (χ1v) is 7.24. The largest absolute Gasteiger partial charge is 0.482 e. The van der Waals surface area contributed by atoms with Crippen molar-refractivity contribution < 1.29 is 14.3 Å². The summed E-state index contributed by atoms with van der Waals surface area (Å²) < 4.78 is 10.7. The summed E-state index contributed by atoms with van der Waals surface area (Å²) in [5.41, 5.74) is 2.28. The highest BCUT2D eigenvalue weighted by atomic mass is 16.6. The van der Waals surface area contributed by atoms with Crippen molar-refractivity contribution >= 4 is 5.97 Å². The Morgan fingerprint density at radius 2 is 1.95 bits per heavy atom. The molecule has 0 unspecified atom stereocenters. The van der Waals surface area contributed by atoms with Crippen molar-refractivity contribution in [3.63, 3.8) is 0 Å². The van der Waals surface area contributed by atoms with Crippen LogP contribution in [0.4, 0.5) is 0 Å². The van der Waals surface area contributed by atoms with Gasteiger partial charge >= 0.3 is 5.97 Å². The number of carbonyl (C=O) groups is 1. The summed E-state index contributed by atoms with van der Waals surface area (Å²) in [6.07, 6.45) is 1.91. The van der Waals surface area contributed by atoms with E-state index < -0.39 is 0 Å². The van der Waals surface area contributed by atoms with E-state index in [2.05, 4.69) is 40.7 Å². The van der Waals surface area contributed by atoms with E-state index in [1.54, 1.807) is 0 Å². The summed E-state index contributed by atoms with van der Waals surface area (Å²) in [7, 11) is 0. The van der Waals surface area contributed by atoms with Gasteiger partial charge in [-0.2, -0.15) is 0 Å².